The Morgan fingerprint density at radius 1 is 1.42 bits per heavy atom. The van der Waals surface area contributed by atoms with E-state index in [1.165, 1.54) is 25.5 Å². The van der Waals surface area contributed by atoms with Crippen molar-refractivity contribution in [1.29, 1.82) is 0 Å². The van der Waals surface area contributed by atoms with Crippen LogP contribution in [0.25, 0.3) is 0 Å². The maximum absolute atomic E-state index is 11.3. The van der Waals surface area contributed by atoms with Crippen molar-refractivity contribution in [2.45, 2.75) is 32.2 Å². The van der Waals surface area contributed by atoms with Crippen LogP contribution in [0.3, 0.4) is 0 Å². The van der Waals surface area contributed by atoms with Gasteiger partial charge in [0.1, 0.15) is 11.9 Å². The number of aliphatic hydroxyl groups excluding tert-OH is 1. The van der Waals surface area contributed by atoms with Crippen molar-refractivity contribution in [3.63, 3.8) is 0 Å². The molecule has 2 rings (SSSR count). The molecule has 3 atom stereocenters. The largest absolute Gasteiger partial charge is 1.00 e. The number of rotatable bonds is 3. The maximum atomic E-state index is 11.3. The molecule has 110 valence electrons. The van der Waals surface area contributed by atoms with Crippen molar-refractivity contribution < 1.29 is 53.7 Å². The topological polar surface area (TPSA) is 46.2 Å². The third-order valence-electron chi connectivity index (χ3n) is 4.00. The van der Waals surface area contributed by atoms with Crippen LogP contribution < -0.4 is 43.8 Å². The Morgan fingerprint density at radius 2 is 2.11 bits per heavy atom. The van der Waals surface area contributed by atoms with E-state index < -0.39 is 0 Å². The van der Waals surface area contributed by atoms with E-state index in [0.29, 0.717) is 0 Å². The average molecular weight is 398 g/mol. The summed E-state index contributed by atoms with van der Waals surface area (Å²) in [6.07, 6.45) is 6.94. The number of quaternary nitrogens is 2. The molecule has 1 fully saturated rings. The van der Waals surface area contributed by atoms with E-state index in [9.17, 15) is 9.90 Å². The lowest BCUT2D eigenvalue weighted by molar-refractivity contribution is -0.897. The van der Waals surface area contributed by atoms with Gasteiger partial charge in [-0.2, -0.15) is 0 Å². The summed E-state index contributed by atoms with van der Waals surface area (Å²) in [5.74, 6) is -0.382. The molecule has 0 radical (unpaired) electrons. The Hall–Kier alpha value is -0.170. The van der Waals surface area contributed by atoms with Crippen LogP contribution in [-0.4, -0.2) is 37.1 Å². The number of hydrogen-bond donors (Lipinski definition) is 3. The standard InChI is InChI=1S/C13H20N2O2.2BrH/c1-10-8-12(16)13(17)9-15(10)7-5-11-4-3-6-14(11)2;;/h8-9,11,17H,3-7H2,1-2H3;2*1H. The highest BCUT2D eigenvalue weighted by Gasteiger charge is 2.28. The second-order valence-electron chi connectivity index (χ2n) is 5.22. The number of carbonyl (C=O) groups is 1. The van der Waals surface area contributed by atoms with E-state index in [4.69, 9.17) is 0 Å². The van der Waals surface area contributed by atoms with Crippen molar-refractivity contribution in [2.75, 3.05) is 20.1 Å². The first-order valence-electron chi connectivity index (χ1n) is 6.39. The highest BCUT2D eigenvalue weighted by molar-refractivity contribution is 6.02. The van der Waals surface area contributed by atoms with Crippen LogP contribution in [0, 0.1) is 0 Å². The van der Waals surface area contributed by atoms with Gasteiger partial charge in [-0.1, -0.05) is 0 Å². The minimum atomic E-state index is -0.269. The van der Waals surface area contributed by atoms with Crippen LogP contribution in [0.15, 0.2) is 23.7 Å². The summed E-state index contributed by atoms with van der Waals surface area (Å²) in [7, 11) is 2.25. The fourth-order valence-corrected chi connectivity index (χ4v) is 2.78. The molecule has 3 unspecified atom stereocenters. The quantitative estimate of drug-likeness (QED) is 0.443. The summed E-state index contributed by atoms with van der Waals surface area (Å²) in [6.45, 7) is 4.18. The Bertz CT molecular complexity index is 383. The van der Waals surface area contributed by atoms with Gasteiger partial charge in [-0.15, -0.1) is 0 Å². The van der Waals surface area contributed by atoms with E-state index in [2.05, 4.69) is 7.05 Å². The smallest absolute Gasteiger partial charge is 0.231 e. The van der Waals surface area contributed by atoms with Crippen molar-refractivity contribution in [3.05, 3.63) is 23.7 Å². The Morgan fingerprint density at radius 3 is 2.68 bits per heavy atom. The number of hydrogen-bond acceptors (Lipinski definition) is 2. The zero-order valence-electron chi connectivity index (χ0n) is 11.4. The molecule has 0 aromatic carbocycles. The van der Waals surface area contributed by atoms with Gasteiger partial charge in [0.25, 0.3) is 0 Å². The van der Waals surface area contributed by atoms with Crippen LogP contribution >= 0.6 is 0 Å². The second-order valence-corrected chi connectivity index (χ2v) is 5.22. The molecule has 2 aliphatic heterocycles. The molecular weight excluding hydrogens is 376 g/mol. The third kappa shape index (κ3) is 4.70. The number of nitrogens with one attached hydrogen (secondary N) is 2. The zero-order valence-corrected chi connectivity index (χ0v) is 14.6. The third-order valence-corrected chi connectivity index (χ3v) is 4.00. The van der Waals surface area contributed by atoms with Crippen LogP contribution in [-0.2, 0) is 4.79 Å². The number of likely N-dealkylation sites (tertiary alicyclic amines) is 1. The summed E-state index contributed by atoms with van der Waals surface area (Å²) < 4.78 is 0. The molecule has 0 saturated carbocycles. The predicted octanol–water partition coefficient (Wildman–Crippen LogP) is -7.17. The van der Waals surface area contributed by atoms with Gasteiger partial charge in [-0.05, 0) is 0 Å². The summed E-state index contributed by atoms with van der Waals surface area (Å²) in [4.78, 5) is 14.0. The van der Waals surface area contributed by atoms with Gasteiger partial charge in [-0.3, -0.25) is 9.69 Å². The molecule has 6 heteroatoms. The minimum absolute atomic E-state index is 0. The first-order chi connectivity index (χ1) is 8.08. The van der Waals surface area contributed by atoms with E-state index in [0.717, 1.165) is 29.6 Å². The lowest BCUT2D eigenvalue weighted by Crippen LogP contribution is -3.12. The highest BCUT2D eigenvalue weighted by atomic mass is 79.9. The average Bonchev–Trinajstić information content (AvgIpc) is 2.68. The Balaban J connectivity index is 0.00000162. The van der Waals surface area contributed by atoms with Crippen molar-refractivity contribution in [2.24, 2.45) is 0 Å². The minimum Gasteiger partial charge on any atom is -1.00 e. The maximum Gasteiger partial charge on any atom is 0.231 e. The van der Waals surface area contributed by atoms with Crippen LogP contribution in [0.5, 0.6) is 0 Å². The van der Waals surface area contributed by atoms with Crippen molar-refractivity contribution >= 4 is 5.78 Å². The molecule has 19 heavy (non-hydrogen) atoms. The van der Waals surface area contributed by atoms with E-state index in [1.807, 2.05) is 6.92 Å². The van der Waals surface area contributed by atoms with E-state index in [1.54, 1.807) is 11.1 Å². The van der Waals surface area contributed by atoms with Gasteiger partial charge in [-0.25, -0.2) is 0 Å². The number of aliphatic hydroxyl groups is 1. The fraction of sp³-hybridized carbons (Fsp3) is 0.615. The molecule has 3 N–H and O–H groups in total. The number of ketones is 1. The SMILES string of the molecule is CC1=CC(=O)C(O)=C[NH+]1CCC1CCC[NH+]1C.[Br-].[Br-]. The zero-order chi connectivity index (χ0) is 12.4. The van der Waals surface area contributed by atoms with Gasteiger partial charge in [0, 0.05) is 32.3 Å². The van der Waals surface area contributed by atoms with E-state index >= 15 is 0 Å². The highest BCUT2D eigenvalue weighted by Crippen LogP contribution is 2.03. The molecular formula is C13H22Br2N2O2. The lowest BCUT2D eigenvalue weighted by Gasteiger charge is -2.21. The van der Waals surface area contributed by atoms with Crippen LogP contribution in [0.4, 0.5) is 0 Å². The number of halogens is 2. The molecule has 2 heterocycles. The van der Waals surface area contributed by atoms with Gasteiger partial charge >= 0.3 is 0 Å². The summed E-state index contributed by atoms with van der Waals surface area (Å²) in [5.41, 5.74) is 1.00. The number of carbonyl (C=O) groups excluding carboxylic acids is 1. The first-order valence-corrected chi connectivity index (χ1v) is 6.39. The second kappa shape index (κ2) is 8.19. The van der Waals surface area contributed by atoms with Gasteiger partial charge in [0.2, 0.25) is 11.5 Å². The van der Waals surface area contributed by atoms with Crippen molar-refractivity contribution in [3.8, 4) is 0 Å². The number of allylic oxidation sites excluding steroid dienone is 2. The molecule has 0 aromatic heterocycles. The van der Waals surface area contributed by atoms with Crippen LogP contribution in [0.1, 0.15) is 26.2 Å². The Labute approximate surface area is 135 Å². The van der Waals surface area contributed by atoms with Gasteiger partial charge in [0.15, 0.2) is 0 Å². The molecule has 0 aromatic rings. The fourth-order valence-electron chi connectivity index (χ4n) is 2.78. The monoisotopic (exact) mass is 396 g/mol. The van der Waals surface area contributed by atoms with Gasteiger partial charge < -0.3 is 44.0 Å². The molecule has 1 saturated heterocycles. The molecule has 2 aliphatic rings. The predicted molar refractivity (Wildman–Crippen MR) is 64.7 cm³/mol. The molecule has 0 aliphatic carbocycles. The normalized spacial score (nSPS) is 30.0. The lowest BCUT2D eigenvalue weighted by atomic mass is 10.1. The van der Waals surface area contributed by atoms with Gasteiger partial charge in [0.05, 0.1) is 26.2 Å². The molecule has 0 spiro atoms. The van der Waals surface area contributed by atoms with Crippen molar-refractivity contribution in [1.82, 2.24) is 0 Å². The summed E-state index contributed by atoms with van der Waals surface area (Å²) >= 11 is 0. The summed E-state index contributed by atoms with van der Waals surface area (Å²) in [5, 5.41) is 9.45. The molecule has 0 bridgehead atoms. The summed E-state index contributed by atoms with van der Waals surface area (Å²) in [6, 6.07) is 0.739. The van der Waals surface area contributed by atoms with Crippen LogP contribution in [0.2, 0.25) is 0 Å². The molecule has 0 amide bonds. The molecule has 4 nitrogen and oxygen atoms in total. The Kier molecular flexibility index (Phi) is 8.12. The van der Waals surface area contributed by atoms with E-state index in [-0.39, 0.29) is 45.5 Å². The first kappa shape index (κ1) is 18.8.